The van der Waals surface area contributed by atoms with Gasteiger partial charge in [-0.3, -0.25) is 0 Å². The minimum Gasteiger partial charge on any atom is -0.379 e. The van der Waals surface area contributed by atoms with Crippen LogP contribution < -0.4 is 4.72 Å². The van der Waals surface area contributed by atoms with Crippen molar-refractivity contribution < 1.29 is 13.2 Å². The SMILES string of the molecule is CC(C)OCCCCNS(=O)(=O)c1c(Cl)cc(Br)cc1Cl. The lowest BCUT2D eigenvalue weighted by Gasteiger charge is -2.11. The van der Waals surface area contributed by atoms with Crippen molar-refractivity contribution >= 4 is 49.2 Å². The Balaban J connectivity index is 2.59. The largest absolute Gasteiger partial charge is 0.379 e. The molecule has 120 valence electrons. The van der Waals surface area contributed by atoms with E-state index < -0.39 is 10.0 Å². The predicted octanol–water partition coefficient (Wildman–Crippen LogP) is 4.24. The Labute approximate surface area is 144 Å². The van der Waals surface area contributed by atoms with Crippen LogP contribution in [0.3, 0.4) is 0 Å². The summed E-state index contributed by atoms with van der Waals surface area (Å²) in [5.41, 5.74) is 0. The molecule has 4 nitrogen and oxygen atoms in total. The summed E-state index contributed by atoms with van der Waals surface area (Å²) >= 11 is 15.1. The van der Waals surface area contributed by atoms with Crippen LogP contribution in [0.25, 0.3) is 0 Å². The number of nitrogens with one attached hydrogen (secondary N) is 1. The Morgan fingerprint density at radius 3 is 2.33 bits per heavy atom. The molecular weight excluding hydrogens is 401 g/mol. The van der Waals surface area contributed by atoms with Crippen LogP contribution in [0.4, 0.5) is 0 Å². The van der Waals surface area contributed by atoms with Crippen molar-refractivity contribution in [3.05, 3.63) is 26.7 Å². The van der Waals surface area contributed by atoms with Crippen LogP contribution in [-0.2, 0) is 14.8 Å². The molecule has 0 atom stereocenters. The van der Waals surface area contributed by atoms with Crippen molar-refractivity contribution in [2.75, 3.05) is 13.2 Å². The van der Waals surface area contributed by atoms with E-state index in [-0.39, 0.29) is 21.0 Å². The van der Waals surface area contributed by atoms with Gasteiger partial charge in [0.1, 0.15) is 4.90 Å². The first-order chi connectivity index (χ1) is 9.74. The highest BCUT2D eigenvalue weighted by Gasteiger charge is 2.21. The molecule has 0 aliphatic heterocycles. The number of halogens is 3. The third-order valence-electron chi connectivity index (χ3n) is 2.55. The Bertz CT molecular complexity index is 556. The minimum absolute atomic E-state index is 0.0880. The Hall–Kier alpha value is 0.150. The summed E-state index contributed by atoms with van der Waals surface area (Å²) in [4.78, 5) is -0.0903. The van der Waals surface area contributed by atoms with Crippen molar-refractivity contribution in [2.45, 2.75) is 37.7 Å². The second-order valence-electron chi connectivity index (χ2n) is 4.72. The molecule has 0 fully saturated rings. The number of benzene rings is 1. The van der Waals surface area contributed by atoms with Gasteiger partial charge >= 0.3 is 0 Å². The van der Waals surface area contributed by atoms with Crippen LogP contribution in [0.5, 0.6) is 0 Å². The molecule has 0 aromatic heterocycles. The molecule has 1 rings (SSSR count). The van der Waals surface area contributed by atoms with E-state index in [2.05, 4.69) is 20.7 Å². The molecule has 0 heterocycles. The zero-order valence-corrected chi connectivity index (χ0v) is 15.7. The number of rotatable bonds is 8. The van der Waals surface area contributed by atoms with Gasteiger partial charge in [0.2, 0.25) is 10.0 Å². The lowest BCUT2D eigenvalue weighted by molar-refractivity contribution is 0.0762. The van der Waals surface area contributed by atoms with Crippen LogP contribution in [0.2, 0.25) is 10.0 Å². The second-order valence-corrected chi connectivity index (χ2v) is 8.16. The highest BCUT2D eigenvalue weighted by Crippen LogP contribution is 2.32. The maximum absolute atomic E-state index is 12.2. The maximum atomic E-state index is 12.2. The molecule has 21 heavy (non-hydrogen) atoms. The first-order valence-corrected chi connectivity index (χ1v) is 9.53. The Morgan fingerprint density at radius 2 is 1.81 bits per heavy atom. The zero-order valence-electron chi connectivity index (χ0n) is 11.8. The molecule has 0 aliphatic rings. The van der Waals surface area contributed by atoms with E-state index in [4.69, 9.17) is 27.9 Å². The quantitative estimate of drug-likeness (QED) is 0.642. The van der Waals surface area contributed by atoms with Gasteiger partial charge in [-0.1, -0.05) is 39.1 Å². The van der Waals surface area contributed by atoms with Crippen LogP contribution in [0, 0.1) is 0 Å². The van der Waals surface area contributed by atoms with E-state index in [1.54, 1.807) is 0 Å². The number of hydrogen-bond donors (Lipinski definition) is 1. The van der Waals surface area contributed by atoms with Gasteiger partial charge in [0.05, 0.1) is 16.1 Å². The van der Waals surface area contributed by atoms with Crippen LogP contribution >= 0.6 is 39.1 Å². The first-order valence-electron chi connectivity index (χ1n) is 6.50. The van der Waals surface area contributed by atoms with E-state index in [9.17, 15) is 8.42 Å². The first kappa shape index (κ1) is 19.2. The molecule has 0 radical (unpaired) electrons. The number of ether oxygens (including phenoxy) is 1. The van der Waals surface area contributed by atoms with Gasteiger partial charge < -0.3 is 4.74 Å². The maximum Gasteiger partial charge on any atom is 0.243 e. The molecule has 0 aliphatic carbocycles. The van der Waals surface area contributed by atoms with Crippen LogP contribution in [0.15, 0.2) is 21.5 Å². The molecular formula is C13H18BrCl2NO3S. The number of hydrogen-bond acceptors (Lipinski definition) is 3. The fourth-order valence-electron chi connectivity index (χ4n) is 1.61. The molecule has 0 saturated carbocycles. The van der Waals surface area contributed by atoms with Gasteiger partial charge in [-0.15, -0.1) is 0 Å². The Kier molecular flexibility index (Phi) is 7.95. The van der Waals surface area contributed by atoms with Gasteiger partial charge in [0.15, 0.2) is 0 Å². The average molecular weight is 419 g/mol. The molecule has 0 unspecified atom stereocenters. The standard InChI is InChI=1S/C13H18BrCl2NO3S/c1-9(2)20-6-4-3-5-17-21(18,19)13-11(15)7-10(14)8-12(13)16/h7-9,17H,3-6H2,1-2H3. The summed E-state index contributed by atoms with van der Waals surface area (Å²) in [5, 5.41) is 0.176. The van der Waals surface area contributed by atoms with E-state index in [1.807, 2.05) is 13.8 Å². The minimum atomic E-state index is -3.72. The third kappa shape index (κ3) is 6.42. The van der Waals surface area contributed by atoms with E-state index >= 15 is 0 Å². The van der Waals surface area contributed by atoms with Gasteiger partial charge in [0.25, 0.3) is 0 Å². The molecule has 1 N–H and O–H groups in total. The van der Waals surface area contributed by atoms with E-state index in [1.165, 1.54) is 12.1 Å². The molecule has 0 saturated heterocycles. The summed E-state index contributed by atoms with van der Waals surface area (Å²) < 4.78 is 32.9. The van der Waals surface area contributed by atoms with Crippen LogP contribution in [0.1, 0.15) is 26.7 Å². The highest BCUT2D eigenvalue weighted by molar-refractivity contribution is 9.10. The predicted molar refractivity (Wildman–Crippen MR) is 89.7 cm³/mol. The Morgan fingerprint density at radius 1 is 1.24 bits per heavy atom. The fourth-order valence-corrected chi connectivity index (χ4v) is 4.62. The lowest BCUT2D eigenvalue weighted by atomic mass is 10.3. The van der Waals surface area contributed by atoms with Crippen molar-refractivity contribution in [3.8, 4) is 0 Å². The summed E-state index contributed by atoms with van der Waals surface area (Å²) in [7, 11) is -3.72. The molecule has 1 aromatic carbocycles. The van der Waals surface area contributed by atoms with Crippen LogP contribution in [-0.4, -0.2) is 27.7 Å². The smallest absolute Gasteiger partial charge is 0.243 e. The van der Waals surface area contributed by atoms with Crippen molar-refractivity contribution in [1.29, 1.82) is 0 Å². The molecule has 1 aromatic rings. The van der Waals surface area contributed by atoms with Gasteiger partial charge in [-0.25, -0.2) is 13.1 Å². The number of sulfonamides is 1. The second kappa shape index (κ2) is 8.70. The third-order valence-corrected chi connectivity index (χ3v) is 5.39. The van der Waals surface area contributed by atoms with E-state index in [0.717, 1.165) is 6.42 Å². The normalized spacial score (nSPS) is 12.1. The lowest BCUT2D eigenvalue weighted by Crippen LogP contribution is -2.25. The summed E-state index contributed by atoms with van der Waals surface area (Å²) in [5.74, 6) is 0. The van der Waals surface area contributed by atoms with Gasteiger partial charge in [0, 0.05) is 17.6 Å². The zero-order chi connectivity index (χ0) is 16.0. The van der Waals surface area contributed by atoms with Crippen molar-refractivity contribution in [2.24, 2.45) is 0 Å². The molecule has 0 spiro atoms. The van der Waals surface area contributed by atoms with Gasteiger partial charge in [-0.2, -0.15) is 0 Å². The summed E-state index contributed by atoms with van der Waals surface area (Å²) in [6.07, 6.45) is 1.64. The van der Waals surface area contributed by atoms with Crippen molar-refractivity contribution in [1.82, 2.24) is 4.72 Å². The molecule has 0 amide bonds. The molecule has 8 heteroatoms. The number of unbranched alkanes of at least 4 members (excludes halogenated alkanes) is 1. The van der Waals surface area contributed by atoms with Gasteiger partial charge in [-0.05, 0) is 38.8 Å². The van der Waals surface area contributed by atoms with Crippen molar-refractivity contribution in [3.63, 3.8) is 0 Å². The van der Waals surface area contributed by atoms with E-state index in [0.29, 0.717) is 24.0 Å². The monoisotopic (exact) mass is 417 g/mol. The summed E-state index contributed by atoms with van der Waals surface area (Å²) in [6, 6.07) is 3.00. The molecule has 0 bridgehead atoms. The fraction of sp³-hybridized carbons (Fsp3) is 0.538. The topological polar surface area (TPSA) is 55.4 Å². The highest BCUT2D eigenvalue weighted by atomic mass is 79.9. The average Bonchev–Trinajstić information content (AvgIpc) is 2.31. The summed E-state index contributed by atoms with van der Waals surface area (Å²) in [6.45, 7) is 4.84.